The number of nitrogens with zero attached hydrogens (tertiary/aromatic N) is 5. The van der Waals surface area contributed by atoms with Crippen molar-refractivity contribution in [1.82, 2.24) is 24.1 Å². The van der Waals surface area contributed by atoms with Crippen molar-refractivity contribution in [2.24, 2.45) is 0 Å². The highest BCUT2D eigenvalue weighted by atomic mass is 15.1. The van der Waals surface area contributed by atoms with Gasteiger partial charge in [-0.05, 0) is 143 Å². The summed E-state index contributed by atoms with van der Waals surface area (Å²) in [5.74, 6) is 2.14. The quantitative estimate of drug-likeness (QED) is 0.0905. The van der Waals surface area contributed by atoms with Crippen LogP contribution in [0.15, 0.2) is 317 Å². The first-order valence-electron chi connectivity index (χ1n) is 29.4. The summed E-state index contributed by atoms with van der Waals surface area (Å²) < 4.78 is 4.66. The van der Waals surface area contributed by atoms with Gasteiger partial charge in [0.25, 0.3) is 0 Å². The Kier molecular flexibility index (Phi) is 16.6. The number of hydrogen-bond donors (Lipinski definition) is 0. The monoisotopic (exact) mass is 1110 g/mol. The van der Waals surface area contributed by atoms with E-state index < -0.39 is 0 Å². The van der Waals surface area contributed by atoms with E-state index in [1.165, 1.54) is 5.56 Å². The van der Waals surface area contributed by atoms with E-state index >= 15 is 0 Å². The van der Waals surface area contributed by atoms with Crippen LogP contribution in [0.4, 0.5) is 0 Å². The lowest BCUT2D eigenvalue weighted by Gasteiger charge is -2.16. The van der Waals surface area contributed by atoms with Gasteiger partial charge in [0.15, 0.2) is 5.82 Å². The van der Waals surface area contributed by atoms with Gasteiger partial charge in [0.05, 0.1) is 33.5 Å². The Labute approximate surface area is 504 Å². The summed E-state index contributed by atoms with van der Waals surface area (Å²) in [6.45, 7) is 13.7. The number of benzene rings is 10. The van der Waals surface area contributed by atoms with Gasteiger partial charge in [0.1, 0.15) is 11.6 Å². The van der Waals surface area contributed by atoms with Crippen LogP contribution in [0.1, 0.15) is 32.0 Å². The molecular formula is C81H65N5. The molecule has 414 valence electrons. The highest BCUT2D eigenvalue weighted by molar-refractivity contribution is 6.13. The summed E-state index contributed by atoms with van der Waals surface area (Å²) >= 11 is 0. The molecule has 0 aliphatic carbocycles. The molecule has 0 fully saturated rings. The van der Waals surface area contributed by atoms with Crippen LogP contribution < -0.4 is 0 Å². The van der Waals surface area contributed by atoms with Crippen molar-refractivity contribution in [3.63, 3.8) is 0 Å². The molecule has 14 aromatic rings. The Morgan fingerprint density at radius 3 is 1.05 bits per heavy atom. The van der Waals surface area contributed by atoms with Crippen molar-refractivity contribution >= 4 is 49.2 Å². The number of pyridine rings is 1. The zero-order valence-electron chi connectivity index (χ0n) is 48.7. The molecule has 0 saturated carbocycles. The zero-order valence-corrected chi connectivity index (χ0v) is 48.7. The molecule has 10 aromatic carbocycles. The molecule has 5 nitrogen and oxygen atoms in total. The number of aryl methyl sites for hydroxylation is 1. The van der Waals surface area contributed by atoms with Crippen LogP contribution in [0.25, 0.3) is 128 Å². The molecule has 86 heavy (non-hydrogen) atoms. The average Bonchev–Trinajstić information content (AvgIpc) is 1.71. The first-order valence-corrected chi connectivity index (χ1v) is 29.4. The third kappa shape index (κ3) is 11.5. The third-order valence-electron chi connectivity index (χ3n) is 15.5. The van der Waals surface area contributed by atoms with Crippen LogP contribution in [0.3, 0.4) is 0 Å². The molecule has 4 aromatic heterocycles. The third-order valence-corrected chi connectivity index (χ3v) is 15.5. The van der Waals surface area contributed by atoms with Crippen LogP contribution in [-0.2, 0) is 6.42 Å². The van der Waals surface area contributed by atoms with Gasteiger partial charge < -0.3 is 0 Å². The number of allylic oxidation sites excluding steroid dienone is 6. The molecule has 4 heterocycles. The van der Waals surface area contributed by atoms with E-state index in [1.54, 1.807) is 6.08 Å². The van der Waals surface area contributed by atoms with Crippen molar-refractivity contribution in [3.05, 3.63) is 328 Å². The summed E-state index contributed by atoms with van der Waals surface area (Å²) in [6, 6.07) is 96.9. The van der Waals surface area contributed by atoms with Gasteiger partial charge in [-0.2, -0.15) is 0 Å². The van der Waals surface area contributed by atoms with Gasteiger partial charge in [-0.25, -0.2) is 15.0 Å². The minimum Gasteiger partial charge on any atom is -0.294 e. The van der Waals surface area contributed by atoms with E-state index in [4.69, 9.17) is 15.0 Å². The van der Waals surface area contributed by atoms with Crippen molar-refractivity contribution in [3.8, 4) is 78.8 Å². The first kappa shape index (κ1) is 55.5. The molecule has 5 heteroatoms. The summed E-state index contributed by atoms with van der Waals surface area (Å²) in [5.41, 5.74) is 19.1. The molecule has 0 aliphatic rings. The molecule has 0 N–H and O–H groups in total. The first-order chi connectivity index (χ1) is 42.4. The summed E-state index contributed by atoms with van der Waals surface area (Å²) in [5, 5.41) is 4.54. The van der Waals surface area contributed by atoms with Gasteiger partial charge in [-0.3, -0.25) is 9.13 Å². The van der Waals surface area contributed by atoms with Gasteiger partial charge >= 0.3 is 0 Å². The Balaban J connectivity index is 0.000000600. The molecule has 0 radical (unpaired) electrons. The van der Waals surface area contributed by atoms with E-state index in [0.717, 1.165) is 134 Å². The highest BCUT2D eigenvalue weighted by Gasteiger charge is 2.22. The highest BCUT2D eigenvalue weighted by Crippen LogP contribution is 2.41. The van der Waals surface area contributed by atoms with Crippen LogP contribution in [0.5, 0.6) is 0 Å². The predicted molar refractivity (Wildman–Crippen MR) is 366 cm³/mol. The average molecular weight is 1110 g/mol. The normalized spacial score (nSPS) is 11.4. The van der Waals surface area contributed by atoms with E-state index in [-0.39, 0.29) is 0 Å². The van der Waals surface area contributed by atoms with Crippen molar-refractivity contribution < 1.29 is 0 Å². The molecule has 0 saturated heterocycles. The maximum absolute atomic E-state index is 5.81. The smallest absolute Gasteiger partial charge is 0.160 e. The van der Waals surface area contributed by atoms with E-state index in [1.807, 2.05) is 62.4 Å². The Hall–Kier alpha value is -11.0. The largest absolute Gasteiger partial charge is 0.294 e. The van der Waals surface area contributed by atoms with Gasteiger partial charge in [0.2, 0.25) is 0 Å². The second-order valence-corrected chi connectivity index (χ2v) is 21.1. The topological polar surface area (TPSA) is 48.5 Å². The molecule has 14 rings (SSSR count). The van der Waals surface area contributed by atoms with Gasteiger partial charge in [-0.1, -0.05) is 250 Å². The second kappa shape index (κ2) is 25.6. The minimum absolute atomic E-state index is 0.619. The SMILES string of the molecule is C=C/C(=C\C=C/C)c1cc(-c2cc(-n3c4ccc(-c5ccccc5)cc4c4cc(-c5ccccc5)ccc43)nc(-n3c4ccc(-c5ccccc5)cc4c4cc(-c5ccccc5)ccc43)c2)nc(-c2ccccc2)n1.C=CC.CCc1ccccc1. The standard InChI is InChI=1S/C70H49N5.C8H10.C3H6/c1-3-5-21-47(4-2)62-46-63(72-70(71-62)52-30-19-10-20-31-52)57-44-68(74-64-36-32-53(48-22-11-6-12-23-48)40-58(64)59-41-54(33-37-65(59)74)49-24-13-7-14-25-49)73-69(45-57)75-66-38-34-55(50-26-15-8-16-27-50)42-60(66)61-43-56(35-39-67(61)75)51-28-17-9-18-29-51;1-2-8-6-4-3-5-7-8;1-3-2/h3-46H,2H2,1H3;3-7H,2H2,1H3;3H,1H2,2H3/b5-3-,47-21+;;. The van der Waals surface area contributed by atoms with Gasteiger partial charge in [-0.15, -0.1) is 6.58 Å². The molecule has 0 bridgehead atoms. The molecule has 0 spiro atoms. The van der Waals surface area contributed by atoms with Crippen molar-refractivity contribution in [2.45, 2.75) is 27.2 Å². The number of aromatic nitrogens is 5. The minimum atomic E-state index is 0.619. The maximum Gasteiger partial charge on any atom is 0.160 e. The van der Waals surface area contributed by atoms with E-state index in [0.29, 0.717) is 5.82 Å². The number of fused-ring (bicyclic) bond motifs is 6. The van der Waals surface area contributed by atoms with Crippen molar-refractivity contribution in [2.75, 3.05) is 0 Å². The Morgan fingerprint density at radius 2 is 0.721 bits per heavy atom. The lowest BCUT2D eigenvalue weighted by molar-refractivity contribution is 1.01. The molecule has 0 atom stereocenters. The van der Waals surface area contributed by atoms with Crippen LogP contribution in [0.2, 0.25) is 0 Å². The Morgan fingerprint density at radius 1 is 0.372 bits per heavy atom. The van der Waals surface area contributed by atoms with Crippen molar-refractivity contribution in [1.29, 1.82) is 0 Å². The fraction of sp³-hybridized carbons (Fsp3) is 0.0494. The fourth-order valence-corrected chi connectivity index (χ4v) is 11.3. The molecule has 0 aliphatic heterocycles. The van der Waals surface area contributed by atoms with Crippen LogP contribution >= 0.6 is 0 Å². The number of hydrogen-bond acceptors (Lipinski definition) is 3. The van der Waals surface area contributed by atoms with Crippen LogP contribution in [0, 0.1) is 0 Å². The lowest BCUT2D eigenvalue weighted by atomic mass is 10.0. The summed E-state index contributed by atoms with van der Waals surface area (Å²) in [7, 11) is 0. The zero-order chi connectivity index (χ0) is 58.8. The predicted octanol–water partition coefficient (Wildman–Crippen LogP) is 21.7. The second-order valence-electron chi connectivity index (χ2n) is 21.1. The number of rotatable bonds is 12. The molecule has 0 amide bonds. The van der Waals surface area contributed by atoms with E-state index in [2.05, 4.69) is 278 Å². The fourth-order valence-electron chi connectivity index (χ4n) is 11.3. The van der Waals surface area contributed by atoms with E-state index in [9.17, 15) is 0 Å². The maximum atomic E-state index is 5.81. The van der Waals surface area contributed by atoms with Gasteiger partial charge in [0, 0.05) is 32.7 Å². The summed E-state index contributed by atoms with van der Waals surface area (Å²) in [4.78, 5) is 16.4. The Bertz CT molecular complexity index is 4340. The van der Waals surface area contributed by atoms with Crippen LogP contribution in [-0.4, -0.2) is 24.1 Å². The molecular weight excluding hydrogens is 1040 g/mol. The molecule has 0 unspecified atom stereocenters. The lowest BCUT2D eigenvalue weighted by Crippen LogP contribution is -2.05. The summed E-state index contributed by atoms with van der Waals surface area (Å²) in [6.07, 6.45) is 10.8.